The number of carbonyl (C=O) groups is 3. The fourth-order valence-corrected chi connectivity index (χ4v) is 6.03. The summed E-state index contributed by atoms with van der Waals surface area (Å²) in [4.78, 5) is 48.1. The van der Waals surface area contributed by atoms with Gasteiger partial charge in [0.05, 0.1) is 36.3 Å². The minimum absolute atomic E-state index is 0.0578. The second-order valence-corrected chi connectivity index (χ2v) is 11.2. The van der Waals surface area contributed by atoms with Crippen LogP contribution in [0.1, 0.15) is 64.2 Å². The number of benzene rings is 2. The topological polar surface area (TPSA) is 128 Å². The number of Topliss-reactive ketones (excluding diaryl/α,β-unsaturated/α-hetero) is 1. The quantitative estimate of drug-likeness (QED) is 0.232. The fourth-order valence-electron chi connectivity index (χ4n) is 6.03. The minimum Gasteiger partial charge on any atom is -0.493 e. The molecular formula is C35H32FN3O7. The number of hydrogen-bond donors (Lipinski definition) is 1. The Morgan fingerprint density at radius 3 is 2.24 bits per heavy atom. The van der Waals surface area contributed by atoms with E-state index in [1.807, 2.05) is 13.8 Å². The van der Waals surface area contributed by atoms with Gasteiger partial charge in [0.1, 0.15) is 22.8 Å². The fraction of sp³-hybridized carbons (Fsp3) is 0.286. The molecule has 0 saturated carbocycles. The van der Waals surface area contributed by atoms with Gasteiger partial charge in [-0.3, -0.25) is 14.6 Å². The molecule has 10 nitrogen and oxygen atoms in total. The number of pyridine rings is 2. The second-order valence-electron chi connectivity index (χ2n) is 11.2. The molecule has 6 rings (SSSR count). The van der Waals surface area contributed by atoms with E-state index in [1.165, 1.54) is 24.5 Å². The van der Waals surface area contributed by atoms with E-state index < -0.39 is 17.5 Å². The van der Waals surface area contributed by atoms with Crippen molar-refractivity contribution >= 4 is 17.7 Å². The number of hydrogen-bond acceptors (Lipinski definition) is 8. The molecule has 0 unspecified atom stereocenters. The van der Waals surface area contributed by atoms with E-state index in [0.717, 1.165) is 0 Å². The number of nitrogens with zero attached hydrogens (tertiary/aromatic N) is 3. The molecule has 0 atom stereocenters. The van der Waals surface area contributed by atoms with E-state index in [0.29, 0.717) is 89.8 Å². The van der Waals surface area contributed by atoms with Crippen molar-refractivity contribution in [2.45, 2.75) is 38.7 Å². The molecule has 1 fully saturated rings. The van der Waals surface area contributed by atoms with Crippen molar-refractivity contribution in [1.29, 1.82) is 0 Å². The number of carboxylic acids is 1. The van der Waals surface area contributed by atoms with Crippen molar-refractivity contribution in [2.75, 3.05) is 26.3 Å². The van der Waals surface area contributed by atoms with Gasteiger partial charge in [-0.15, -0.1) is 0 Å². The Kier molecular flexibility index (Phi) is 8.40. The summed E-state index contributed by atoms with van der Waals surface area (Å²) in [7, 11) is 0. The molecule has 1 N–H and O–H groups in total. The predicted molar refractivity (Wildman–Crippen MR) is 166 cm³/mol. The molecule has 2 aliphatic heterocycles. The number of likely N-dealkylation sites (tertiary alicyclic amines) is 1. The number of rotatable bonds is 8. The number of carbonyl (C=O) groups excluding carboxylic acids is 2. The molecule has 4 aromatic rings. The zero-order chi connectivity index (χ0) is 32.4. The summed E-state index contributed by atoms with van der Waals surface area (Å²) in [6.45, 7) is 5.12. The van der Waals surface area contributed by atoms with Crippen LogP contribution in [0.25, 0.3) is 22.3 Å². The van der Waals surface area contributed by atoms with Crippen LogP contribution in [0.4, 0.5) is 4.39 Å². The van der Waals surface area contributed by atoms with E-state index in [2.05, 4.69) is 9.97 Å². The van der Waals surface area contributed by atoms with E-state index in [-0.39, 0.29) is 23.7 Å². The number of piperidine rings is 1. The summed E-state index contributed by atoms with van der Waals surface area (Å²) < 4.78 is 31.8. The number of amides is 1. The molecule has 2 aromatic carbocycles. The number of ketones is 1. The number of halogens is 1. The molecule has 1 amide bonds. The average Bonchev–Trinajstić information content (AvgIpc) is 3.05. The van der Waals surface area contributed by atoms with Gasteiger partial charge in [-0.1, -0.05) is 6.07 Å². The minimum atomic E-state index is -1.08. The third-order valence-electron chi connectivity index (χ3n) is 8.30. The van der Waals surface area contributed by atoms with E-state index in [1.54, 1.807) is 47.5 Å². The van der Waals surface area contributed by atoms with Crippen molar-refractivity contribution < 1.29 is 38.1 Å². The first-order valence-corrected chi connectivity index (χ1v) is 15.1. The summed E-state index contributed by atoms with van der Waals surface area (Å²) in [5.41, 5.74) is 2.60. The Morgan fingerprint density at radius 1 is 0.913 bits per heavy atom. The van der Waals surface area contributed by atoms with Crippen LogP contribution in [-0.2, 0) is 0 Å². The van der Waals surface area contributed by atoms with Gasteiger partial charge in [0.2, 0.25) is 5.95 Å². The Hall–Kier alpha value is -5.32. The van der Waals surface area contributed by atoms with Crippen LogP contribution >= 0.6 is 0 Å². The lowest BCUT2D eigenvalue weighted by atomic mass is 9.82. The maximum absolute atomic E-state index is 13.8. The van der Waals surface area contributed by atoms with Gasteiger partial charge in [-0.25, -0.2) is 9.78 Å². The number of ether oxygens (including phenoxy) is 3. The van der Waals surface area contributed by atoms with Gasteiger partial charge in [0, 0.05) is 61.2 Å². The molecule has 0 radical (unpaired) electrons. The first-order valence-electron chi connectivity index (χ1n) is 15.1. The number of carboxylic acid groups (broad SMARTS) is 1. The molecule has 236 valence electrons. The normalized spacial score (nSPS) is 15.2. The van der Waals surface area contributed by atoms with Crippen LogP contribution in [0.3, 0.4) is 0 Å². The Morgan fingerprint density at radius 2 is 1.61 bits per heavy atom. The van der Waals surface area contributed by atoms with Gasteiger partial charge < -0.3 is 24.2 Å². The lowest BCUT2D eigenvalue weighted by molar-refractivity contribution is -0.00573. The lowest BCUT2D eigenvalue weighted by Crippen LogP contribution is -2.52. The van der Waals surface area contributed by atoms with Crippen LogP contribution in [0.15, 0.2) is 67.1 Å². The molecule has 2 aliphatic rings. The van der Waals surface area contributed by atoms with Crippen molar-refractivity contribution in [3.63, 3.8) is 0 Å². The molecule has 0 bridgehead atoms. The summed E-state index contributed by atoms with van der Waals surface area (Å²) in [6.07, 6.45) is 5.33. The van der Waals surface area contributed by atoms with Crippen LogP contribution in [0.2, 0.25) is 0 Å². The van der Waals surface area contributed by atoms with E-state index >= 15 is 0 Å². The summed E-state index contributed by atoms with van der Waals surface area (Å²) >= 11 is 0. The Labute approximate surface area is 264 Å². The van der Waals surface area contributed by atoms with Gasteiger partial charge in [-0.05, 0) is 61.9 Å². The first-order chi connectivity index (χ1) is 22.2. The van der Waals surface area contributed by atoms with Gasteiger partial charge in [0.15, 0.2) is 5.78 Å². The third kappa shape index (κ3) is 6.00. The maximum Gasteiger partial charge on any atom is 0.337 e. The molecule has 11 heteroatoms. The van der Waals surface area contributed by atoms with Crippen molar-refractivity contribution in [1.82, 2.24) is 14.9 Å². The van der Waals surface area contributed by atoms with Gasteiger partial charge >= 0.3 is 5.97 Å². The standard InChI is InChI=1S/C35H32FN3O7/c1-3-44-29-15-23(16-30(45-4-2)32(29)22-6-8-31(36)38-20-22)33(41)39-11-9-35(10-12-39)17-27(40)26-14-21(5-7-28(26)46-35)24-13-25(34(42)43)19-37-18-24/h5-8,13-16,18-20H,3-4,9-12,17H2,1-2H3,(H,42,43). The molecule has 0 aliphatic carbocycles. The van der Waals surface area contributed by atoms with Crippen LogP contribution < -0.4 is 14.2 Å². The zero-order valence-corrected chi connectivity index (χ0v) is 25.4. The van der Waals surface area contributed by atoms with Gasteiger partial charge in [-0.2, -0.15) is 4.39 Å². The highest BCUT2D eigenvalue weighted by Gasteiger charge is 2.44. The highest BCUT2D eigenvalue weighted by Crippen LogP contribution is 2.43. The summed E-state index contributed by atoms with van der Waals surface area (Å²) in [5.74, 6) is -0.628. The lowest BCUT2D eigenvalue weighted by Gasteiger charge is -2.44. The van der Waals surface area contributed by atoms with Crippen molar-refractivity contribution in [2.24, 2.45) is 0 Å². The molecule has 46 heavy (non-hydrogen) atoms. The smallest absolute Gasteiger partial charge is 0.337 e. The number of aromatic nitrogens is 2. The largest absolute Gasteiger partial charge is 0.493 e. The Bertz CT molecular complexity index is 1790. The van der Waals surface area contributed by atoms with E-state index in [9.17, 15) is 23.9 Å². The average molecular weight is 626 g/mol. The van der Waals surface area contributed by atoms with Crippen LogP contribution in [0.5, 0.6) is 17.2 Å². The van der Waals surface area contributed by atoms with Crippen molar-refractivity contribution in [3.8, 4) is 39.5 Å². The number of aromatic carboxylic acids is 1. The second kappa shape index (κ2) is 12.6. The molecule has 2 aromatic heterocycles. The van der Waals surface area contributed by atoms with Crippen molar-refractivity contribution in [3.05, 3.63) is 89.8 Å². The number of fused-ring (bicyclic) bond motifs is 1. The summed E-state index contributed by atoms with van der Waals surface area (Å²) in [6, 6.07) is 12.9. The molecular weight excluding hydrogens is 593 g/mol. The first kappa shape index (κ1) is 30.7. The third-order valence-corrected chi connectivity index (χ3v) is 8.30. The molecule has 1 saturated heterocycles. The predicted octanol–water partition coefficient (Wildman–Crippen LogP) is 6.09. The molecule has 4 heterocycles. The van der Waals surface area contributed by atoms with Crippen LogP contribution in [-0.4, -0.2) is 69.5 Å². The highest BCUT2D eigenvalue weighted by molar-refractivity contribution is 6.02. The van der Waals surface area contributed by atoms with Gasteiger partial charge in [0.25, 0.3) is 5.91 Å². The Balaban J connectivity index is 1.20. The van der Waals surface area contributed by atoms with Crippen LogP contribution in [0, 0.1) is 5.95 Å². The summed E-state index contributed by atoms with van der Waals surface area (Å²) in [5, 5.41) is 9.32. The molecule has 1 spiro atoms. The SMILES string of the molecule is CCOc1cc(C(=O)N2CCC3(CC2)CC(=O)c2cc(-c4cncc(C(=O)O)c4)ccc2O3)cc(OCC)c1-c1ccc(F)nc1. The maximum atomic E-state index is 13.8. The van der Waals surface area contributed by atoms with E-state index in [4.69, 9.17) is 14.2 Å². The zero-order valence-electron chi connectivity index (χ0n) is 25.4. The highest BCUT2D eigenvalue weighted by atomic mass is 19.1. The monoisotopic (exact) mass is 625 g/mol.